The summed E-state index contributed by atoms with van der Waals surface area (Å²) in [4.78, 5) is 4.67. The molecule has 0 amide bonds. The Balaban J connectivity index is 1.69. The van der Waals surface area contributed by atoms with E-state index >= 15 is 0 Å². The lowest BCUT2D eigenvalue weighted by atomic mass is 9.76. The normalized spacial score (nSPS) is 23.3. The van der Waals surface area contributed by atoms with Gasteiger partial charge in [-0.1, -0.05) is 49.4 Å². The fraction of sp³-hybridized carbons (Fsp3) is 0.261. The number of benzene rings is 2. The molecule has 124 valence electrons. The summed E-state index contributed by atoms with van der Waals surface area (Å²) in [5, 5.41) is 3.81. The summed E-state index contributed by atoms with van der Waals surface area (Å²) in [6.45, 7) is 2.23. The minimum Gasteiger partial charge on any atom is -0.376 e. The summed E-state index contributed by atoms with van der Waals surface area (Å²) >= 11 is 0. The summed E-state index contributed by atoms with van der Waals surface area (Å²) in [6, 6.07) is 22.4. The van der Waals surface area contributed by atoms with Gasteiger partial charge in [0.25, 0.3) is 0 Å². The van der Waals surface area contributed by atoms with Gasteiger partial charge in [-0.3, -0.25) is 4.98 Å². The first-order chi connectivity index (χ1) is 12.3. The van der Waals surface area contributed by atoms with Crippen LogP contribution in [0.25, 0.3) is 0 Å². The monoisotopic (exact) mass is 326 g/mol. The minimum absolute atomic E-state index is 0.263. The Bertz CT molecular complexity index is 916. The molecule has 3 atom stereocenters. The summed E-state index contributed by atoms with van der Waals surface area (Å²) in [7, 11) is 0. The van der Waals surface area contributed by atoms with Crippen LogP contribution in [0.1, 0.15) is 46.8 Å². The van der Waals surface area contributed by atoms with Gasteiger partial charge in [-0.05, 0) is 59.2 Å². The summed E-state index contributed by atoms with van der Waals surface area (Å²) in [5.41, 5.74) is 8.29. The molecule has 1 aliphatic heterocycles. The number of hydrogen-bond donors (Lipinski definition) is 1. The van der Waals surface area contributed by atoms with Crippen LogP contribution >= 0.6 is 0 Å². The van der Waals surface area contributed by atoms with Crippen LogP contribution in [0, 0.1) is 5.92 Å². The number of aryl methyl sites for hydroxylation is 1. The third kappa shape index (κ3) is 2.28. The number of hydrogen-bond acceptors (Lipinski definition) is 2. The predicted molar refractivity (Wildman–Crippen MR) is 102 cm³/mol. The van der Waals surface area contributed by atoms with E-state index in [2.05, 4.69) is 71.8 Å². The van der Waals surface area contributed by atoms with Crippen molar-refractivity contribution in [2.75, 3.05) is 5.32 Å². The van der Waals surface area contributed by atoms with Crippen molar-refractivity contribution in [2.24, 2.45) is 5.92 Å². The molecule has 5 rings (SSSR count). The van der Waals surface area contributed by atoms with E-state index in [0.29, 0.717) is 11.8 Å². The van der Waals surface area contributed by atoms with Gasteiger partial charge in [0.15, 0.2) is 0 Å². The first kappa shape index (κ1) is 14.7. The van der Waals surface area contributed by atoms with E-state index in [0.717, 1.165) is 18.5 Å². The summed E-state index contributed by atoms with van der Waals surface area (Å²) in [6.07, 6.45) is 4.10. The molecule has 0 saturated carbocycles. The number of aromatic nitrogens is 1. The molecule has 25 heavy (non-hydrogen) atoms. The third-order valence-electron chi connectivity index (χ3n) is 5.88. The number of rotatable bonds is 2. The second-order valence-electron chi connectivity index (χ2n) is 7.20. The number of nitrogens with zero attached hydrogens (tertiary/aromatic N) is 1. The Morgan fingerprint density at radius 1 is 1.00 bits per heavy atom. The van der Waals surface area contributed by atoms with E-state index in [1.165, 1.54) is 27.9 Å². The van der Waals surface area contributed by atoms with Crippen molar-refractivity contribution in [3.8, 4) is 0 Å². The highest BCUT2D eigenvalue weighted by atomic mass is 15.0. The van der Waals surface area contributed by atoms with Crippen molar-refractivity contribution in [1.29, 1.82) is 0 Å². The molecule has 2 heteroatoms. The van der Waals surface area contributed by atoms with Gasteiger partial charge in [0.05, 0.1) is 11.7 Å². The zero-order valence-electron chi connectivity index (χ0n) is 14.4. The van der Waals surface area contributed by atoms with E-state index < -0.39 is 0 Å². The zero-order chi connectivity index (χ0) is 16.8. The quantitative estimate of drug-likeness (QED) is 0.707. The fourth-order valence-electron chi connectivity index (χ4n) is 4.68. The highest BCUT2D eigenvalue weighted by molar-refractivity contribution is 5.63. The average Bonchev–Trinajstić information content (AvgIpc) is 3.07. The second kappa shape index (κ2) is 5.73. The van der Waals surface area contributed by atoms with Gasteiger partial charge in [-0.25, -0.2) is 0 Å². The largest absolute Gasteiger partial charge is 0.376 e. The molecule has 1 aromatic heterocycles. The van der Waals surface area contributed by atoms with Gasteiger partial charge >= 0.3 is 0 Å². The standard InChI is InChI=1S/C23H22N2/c1-2-15-10-11-20-18(13-15)22-17-8-4-3-7-16(17)14-19(22)23(25-20)21-9-5-6-12-24-21/h3-13,19,22-23,25H,2,14H2,1H3/t19-,22-,23+/m0/s1. The molecule has 0 saturated heterocycles. The summed E-state index contributed by atoms with van der Waals surface area (Å²) < 4.78 is 0. The van der Waals surface area contributed by atoms with E-state index in [1.54, 1.807) is 0 Å². The van der Waals surface area contributed by atoms with Gasteiger partial charge in [0, 0.05) is 17.8 Å². The van der Waals surface area contributed by atoms with Crippen molar-refractivity contribution in [3.63, 3.8) is 0 Å². The lowest BCUT2D eigenvalue weighted by Crippen LogP contribution is -2.31. The number of nitrogens with one attached hydrogen (secondary N) is 1. The highest BCUT2D eigenvalue weighted by Gasteiger charge is 2.43. The fourth-order valence-corrected chi connectivity index (χ4v) is 4.68. The molecule has 2 nitrogen and oxygen atoms in total. The lowest BCUT2D eigenvalue weighted by molar-refractivity contribution is 0.414. The van der Waals surface area contributed by atoms with Crippen molar-refractivity contribution < 1.29 is 0 Å². The van der Waals surface area contributed by atoms with E-state index in [1.807, 2.05) is 12.3 Å². The molecule has 2 aliphatic rings. The van der Waals surface area contributed by atoms with Crippen LogP contribution in [0.3, 0.4) is 0 Å². The van der Waals surface area contributed by atoms with E-state index in [-0.39, 0.29) is 6.04 Å². The average molecular weight is 326 g/mol. The molecular weight excluding hydrogens is 304 g/mol. The maximum Gasteiger partial charge on any atom is 0.0725 e. The van der Waals surface area contributed by atoms with Crippen LogP contribution in [0.15, 0.2) is 66.9 Å². The molecule has 1 N–H and O–H groups in total. The molecule has 0 radical (unpaired) electrons. The van der Waals surface area contributed by atoms with Gasteiger partial charge in [-0.2, -0.15) is 0 Å². The van der Waals surface area contributed by atoms with Crippen LogP contribution in [-0.4, -0.2) is 4.98 Å². The first-order valence-corrected chi connectivity index (χ1v) is 9.23. The van der Waals surface area contributed by atoms with E-state index in [4.69, 9.17) is 0 Å². The van der Waals surface area contributed by atoms with Crippen LogP contribution in [0.4, 0.5) is 5.69 Å². The third-order valence-corrected chi connectivity index (χ3v) is 5.88. The SMILES string of the molecule is CCc1ccc2c(c1)[C@@H]1c3ccccc3C[C@@H]1[C@H](c1ccccn1)N2. The Labute approximate surface area is 148 Å². The Morgan fingerprint density at radius 3 is 2.72 bits per heavy atom. The molecular formula is C23H22N2. The zero-order valence-corrected chi connectivity index (χ0v) is 14.4. The first-order valence-electron chi connectivity index (χ1n) is 9.23. The highest BCUT2D eigenvalue weighted by Crippen LogP contribution is 2.53. The van der Waals surface area contributed by atoms with Crippen molar-refractivity contribution in [2.45, 2.75) is 31.7 Å². The molecule has 2 aromatic carbocycles. The predicted octanol–water partition coefficient (Wildman–Crippen LogP) is 5.12. The Morgan fingerprint density at radius 2 is 1.88 bits per heavy atom. The molecule has 0 spiro atoms. The summed E-state index contributed by atoms with van der Waals surface area (Å²) in [5.74, 6) is 0.984. The maximum atomic E-state index is 4.67. The molecule has 1 aliphatic carbocycles. The second-order valence-corrected chi connectivity index (χ2v) is 7.20. The van der Waals surface area contributed by atoms with Gasteiger partial charge in [0.1, 0.15) is 0 Å². The maximum absolute atomic E-state index is 4.67. The molecule has 0 unspecified atom stereocenters. The Kier molecular flexibility index (Phi) is 3.37. The van der Waals surface area contributed by atoms with Crippen LogP contribution in [0.5, 0.6) is 0 Å². The van der Waals surface area contributed by atoms with Crippen molar-refractivity contribution in [1.82, 2.24) is 4.98 Å². The number of pyridine rings is 1. The van der Waals surface area contributed by atoms with Crippen LogP contribution in [-0.2, 0) is 12.8 Å². The van der Waals surface area contributed by atoms with Gasteiger partial charge < -0.3 is 5.32 Å². The molecule has 0 fully saturated rings. The lowest BCUT2D eigenvalue weighted by Gasteiger charge is -2.37. The minimum atomic E-state index is 0.263. The number of anilines is 1. The van der Waals surface area contributed by atoms with Crippen molar-refractivity contribution >= 4 is 5.69 Å². The van der Waals surface area contributed by atoms with E-state index in [9.17, 15) is 0 Å². The Hall–Kier alpha value is -2.61. The van der Waals surface area contributed by atoms with Gasteiger partial charge in [-0.15, -0.1) is 0 Å². The topological polar surface area (TPSA) is 24.9 Å². The molecule has 3 aromatic rings. The molecule has 0 bridgehead atoms. The van der Waals surface area contributed by atoms with Crippen molar-refractivity contribution in [3.05, 3.63) is 94.8 Å². The number of fused-ring (bicyclic) bond motifs is 5. The van der Waals surface area contributed by atoms with Gasteiger partial charge in [0.2, 0.25) is 0 Å². The smallest absolute Gasteiger partial charge is 0.0725 e. The molecule has 2 heterocycles. The van der Waals surface area contributed by atoms with Crippen LogP contribution in [0.2, 0.25) is 0 Å². The van der Waals surface area contributed by atoms with Crippen LogP contribution < -0.4 is 5.32 Å².